The summed E-state index contributed by atoms with van der Waals surface area (Å²) in [5.74, 6) is -0.164. The maximum Gasteiger partial charge on any atom is 1.00 e. The molecule has 4 heteroatoms. The molecule has 0 aromatic rings. The van der Waals surface area contributed by atoms with Crippen LogP contribution >= 0.6 is 0 Å². The van der Waals surface area contributed by atoms with Gasteiger partial charge < -0.3 is 8.59 Å². The molecule has 0 heterocycles. The van der Waals surface area contributed by atoms with Gasteiger partial charge in [0.1, 0.15) is 0 Å². The third kappa shape index (κ3) is 26.1. The summed E-state index contributed by atoms with van der Waals surface area (Å²) >= 11 is 0. The Bertz CT molecular complexity index is 255. The van der Waals surface area contributed by atoms with Crippen LogP contribution in [-0.2, 0) is 4.79 Å². The van der Waals surface area contributed by atoms with Gasteiger partial charge in [-0.25, -0.2) is 0 Å². The average Bonchev–Trinajstić information content (AvgIpc) is 2.43. The second-order valence-corrected chi connectivity index (χ2v) is 5.80. The zero-order valence-corrected chi connectivity index (χ0v) is 19.5. The molecule has 0 aliphatic rings. The third-order valence-electron chi connectivity index (χ3n) is 3.68. The number of hydrogen-bond donors (Lipinski definition) is 1. The molecule has 0 aliphatic carbocycles. The summed E-state index contributed by atoms with van der Waals surface area (Å²) < 4.78 is 0. The van der Waals surface area contributed by atoms with Gasteiger partial charge in [0, 0.05) is 6.42 Å². The molecule has 0 radical (unpaired) electrons. The van der Waals surface area contributed by atoms with Gasteiger partial charge >= 0.3 is 59.1 Å². The van der Waals surface area contributed by atoms with Gasteiger partial charge in [-0.3, -0.25) is 4.79 Å². The Morgan fingerprint density at radius 1 is 0.773 bits per heavy atom. The van der Waals surface area contributed by atoms with Crippen molar-refractivity contribution in [3.63, 3.8) is 0 Å². The number of carbonyl (C=O) groups excluding carboxylic acids is 1. The van der Waals surface area contributed by atoms with Gasteiger partial charge in [-0.1, -0.05) is 70.4 Å². The van der Waals surface area contributed by atoms with E-state index in [-0.39, 0.29) is 67.9 Å². The molecule has 0 fully saturated rings. The molecule has 0 aromatic carbocycles. The first-order valence-electron chi connectivity index (χ1n) is 8.70. The molecule has 2 N–H and O–H groups in total. The van der Waals surface area contributed by atoms with Gasteiger partial charge in [-0.2, -0.15) is 0 Å². The van der Waals surface area contributed by atoms with Gasteiger partial charge in [0.05, 0.1) is 0 Å². The second-order valence-electron chi connectivity index (χ2n) is 5.80. The molecule has 2 nitrogen and oxygen atoms in total. The molecule has 0 unspecified atom stereocenters. The van der Waals surface area contributed by atoms with Crippen molar-refractivity contribution in [3.8, 4) is 0 Å². The number of nitrogens with two attached hydrogens (primary N) is 1. The number of allylic oxidation sites excluding steroid dienone is 2. The third-order valence-corrected chi connectivity index (χ3v) is 3.68. The minimum Gasteiger partial charge on any atom is -1.00 e. The smallest absolute Gasteiger partial charge is 1.00 e. The number of primary amides is 1. The van der Waals surface area contributed by atoms with E-state index < -0.39 is 0 Å². The quantitative estimate of drug-likeness (QED) is 0.251. The number of carbonyl (C=O) groups is 1. The first-order valence-corrected chi connectivity index (χ1v) is 8.70. The van der Waals surface area contributed by atoms with Crippen LogP contribution in [0.1, 0.15) is 99.7 Å². The standard InChI is InChI=1S/C18H35NO.2Na.2H/c1-2-3-4-5-6-7-8-9-10-11-12-13-14-15-16-17-18(19)20;;;;/h9-10H,2-8,11-17H2,1H3,(H2,19,20);;;;/q;2*+1;2*-1/b10-9-;;;;. The van der Waals surface area contributed by atoms with Gasteiger partial charge in [0.25, 0.3) is 0 Å². The van der Waals surface area contributed by atoms with E-state index >= 15 is 0 Å². The largest absolute Gasteiger partial charge is 1.00 e. The summed E-state index contributed by atoms with van der Waals surface area (Å²) in [4.78, 5) is 10.5. The monoisotopic (exact) mass is 329 g/mol. The normalized spacial score (nSPS) is 10.2. The summed E-state index contributed by atoms with van der Waals surface area (Å²) in [5.41, 5.74) is 5.10. The number of rotatable bonds is 15. The van der Waals surface area contributed by atoms with Crippen LogP contribution < -0.4 is 64.8 Å². The molecule has 0 saturated carbocycles. The predicted molar refractivity (Wildman–Crippen MR) is 90.9 cm³/mol. The van der Waals surface area contributed by atoms with E-state index in [1.807, 2.05) is 0 Å². The fourth-order valence-electron chi connectivity index (χ4n) is 2.37. The Morgan fingerprint density at radius 2 is 1.18 bits per heavy atom. The van der Waals surface area contributed by atoms with E-state index in [0.29, 0.717) is 6.42 Å². The molecule has 0 aromatic heterocycles. The van der Waals surface area contributed by atoms with E-state index in [0.717, 1.165) is 12.8 Å². The summed E-state index contributed by atoms with van der Waals surface area (Å²) in [6, 6.07) is 0. The predicted octanol–water partition coefficient (Wildman–Crippen LogP) is -0.258. The molecular formula is C18H37NNa2O. The minimum atomic E-state index is -0.164. The molecule has 122 valence electrons. The first kappa shape index (κ1) is 28.0. The van der Waals surface area contributed by atoms with Crippen LogP contribution in [0.2, 0.25) is 0 Å². The van der Waals surface area contributed by atoms with Gasteiger partial charge in [-0.05, 0) is 32.1 Å². The van der Waals surface area contributed by atoms with Crippen LogP contribution in [0.3, 0.4) is 0 Å². The number of unbranched alkanes of at least 4 members (excludes halogenated alkanes) is 11. The zero-order valence-electron chi connectivity index (χ0n) is 17.5. The van der Waals surface area contributed by atoms with Crippen molar-refractivity contribution in [2.75, 3.05) is 0 Å². The molecule has 0 aliphatic heterocycles. The molecular weight excluding hydrogens is 292 g/mol. The summed E-state index contributed by atoms with van der Waals surface area (Å²) in [7, 11) is 0. The Kier molecular flexibility index (Phi) is 31.2. The topological polar surface area (TPSA) is 43.1 Å². The van der Waals surface area contributed by atoms with Crippen LogP contribution in [-0.4, -0.2) is 5.91 Å². The molecule has 1 amide bonds. The second kappa shape index (κ2) is 24.5. The van der Waals surface area contributed by atoms with Crippen LogP contribution in [0, 0.1) is 0 Å². The van der Waals surface area contributed by atoms with E-state index in [2.05, 4.69) is 19.1 Å². The summed E-state index contributed by atoms with van der Waals surface area (Å²) in [6.45, 7) is 2.26. The maximum atomic E-state index is 10.5. The van der Waals surface area contributed by atoms with Crippen molar-refractivity contribution in [3.05, 3.63) is 12.2 Å². The molecule has 0 bridgehead atoms. The van der Waals surface area contributed by atoms with Gasteiger partial charge in [-0.15, -0.1) is 0 Å². The Hall–Kier alpha value is 1.21. The van der Waals surface area contributed by atoms with Crippen molar-refractivity contribution in [1.82, 2.24) is 0 Å². The first-order chi connectivity index (χ1) is 9.77. The fraction of sp³-hybridized carbons (Fsp3) is 0.833. The summed E-state index contributed by atoms with van der Waals surface area (Å²) in [5, 5.41) is 0. The van der Waals surface area contributed by atoms with Crippen LogP contribution in [0.15, 0.2) is 12.2 Å². The molecule has 0 saturated heterocycles. The molecule has 0 rings (SSSR count). The Labute approximate surface area is 186 Å². The minimum absolute atomic E-state index is 0. The van der Waals surface area contributed by atoms with Crippen molar-refractivity contribution in [2.24, 2.45) is 5.73 Å². The van der Waals surface area contributed by atoms with Crippen molar-refractivity contribution in [2.45, 2.75) is 96.8 Å². The summed E-state index contributed by atoms with van der Waals surface area (Å²) in [6.07, 6.45) is 21.9. The maximum absolute atomic E-state index is 10.5. The Balaban J connectivity index is -0.000000301. The molecule has 22 heavy (non-hydrogen) atoms. The molecule has 0 atom stereocenters. The van der Waals surface area contributed by atoms with Crippen LogP contribution in [0.4, 0.5) is 0 Å². The van der Waals surface area contributed by atoms with Crippen molar-refractivity contribution >= 4 is 5.91 Å². The fourth-order valence-corrected chi connectivity index (χ4v) is 2.37. The van der Waals surface area contributed by atoms with E-state index in [1.165, 1.54) is 70.6 Å². The number of hydrogen-bond acceptors (Lipinski definition) is 1. The zero-order chi connectivity index (χ0) is 14.9. The van der Waals surface area contributed by atoms with Gasteiger partial charge in [0.15, 0.2) is 0 Å². The van der Waals surface area contributed by atoms with Crippen LogP contribution in [0.5, 0.6) is 0 Å². The van der Waals surface area contributed by atoms with E-state index in [9.17, 15) is 4.79 Å². The Morgan fingerprint density at radius 3 is 1.64 bits per heavy atom. The van der Waals surface area contributed by atoms with Crippen molar-refractivity contribution in [1.29, 1.82) is 0 Å². The SMILES string of the molecule is CCCCCCCC/C=C\CCCCCCCC(N)=O.[H-].[H-].[Na+].[Na+]. The van der Waals surface area contributed by atoms with Gasteiger partial charge in [0.2, 0.25) is 5.91 Å². The molecule has 0 spiro atoms. The average molecular weight is 329 g/mol. The number of amides is 1. The van der Waals surface area contributed by atoms with E-state index in [4.69, 9.17) is 5.73 Å². The van der Waals surface area contributed by atoms with Crippen molar-refractivity contribution < 1.29 is 66.8 Å². The van der Waals surface area contributed by atoms with E-state index in [1.54, 1.807) is 0 Å². The van der Waals surface area contributed by atoms with Crippen LogP contribution in [0.25, 0.3) is 0 Å².